The summed E-state index contributed by atoms with van der Waals surface area (Å²) in [5.41, 5.74) is 0. The van der Waals surface area contributed by atoms with E-state index < -0.39 is 0 Å². The fourth-order valence-corrected chi connectivity index (χ4v) is 5.50. The number of hydrogen-bond donors (Lipinski definition) is 0. The van der Waals surface area contributed by atoms with Crippen molar-refractivity contribution in [1.82, 2.24) is 9.80 Å². The van der Waals surface area contributed by atoms with Gasteiger partial charge in [-0.1, -0.05) is 12.2 Å². The lowest BCUT2D eigenvalue weighted by molar-refractivity contribution is 0.0987. The van der Waals surface area contributed by atoms with Crippen molar-refractivity contribution in [3.05, 3.63) is 12.2 Å². The third kappa shape index (κ3) is 2.94. The van der Waals surface area contributed by atoms with Gasteiger partial charge in [-0.15, -0.1) is 0 Å². The lowest BCUT2D eigenvalue weighted by Gasteiger charge is -2.39. The quantitative estimate of drug-likeness (QED) is 0.732. The van der Waals surface area contributed by atoms with E-state index >= 15 is 0 Å². The molecule has 0 aromatic heterocycles. The molecule has 21 heavy (non-hydrogen) atoms. The van der Waals surface area contributed by atoms with E-state index in [1.165, 1.54) is 71.2 Å². The Morgan fingerprint density at radius 2 is 1.76 bits per heavy atom. The predicted molar refractivity (Wildman–Crippen MR) is 88.3 cm³/mol. The summed E-state index contributed by atoms with van der Waals surface area (Å²) in [6, 6.07) is 0.833. The molecule has 0 aromatic carbocycles. The van der Waals surface area contributed by atoms with E-state index in [2.05, 4.69) is 28.9 Å². The maximum Gasteiger partial charge on any atom is 0.00961 e. The minimum Gasteiger partial charge on any atom is -0.303 e. The molecule has 0 N–H and O–H groups in total. The topological polar surface area (TPSA) is 6.48 Å². The monoisotopic (exact) mass is 288 g/mol. The highest BCUT2D eigenvalue weighted by molar-refractivity contribution is 5.10. The van der Waals surface area contributed by atoms with Gasteiger partial charge in [-0.25, -0.2) is 0 Å². The van der Waals surface area contributed by atoms with E-state index in [0.29, 0.717) is 0 Å². The van der Waals surface area contributed by atoms with Gasteiger partial charge in [-0.05, 0) is 95.3 Å². The molecule has 2 saturated heterocycles. The van der Waals surface area contributed by atoms with Crippen molar-refractivity contribution < 1.29 is 0 Å². The fraction of sp³-hybridized carbons (Fsp3) is 0.895. The Labute approximate surface area is 130 Å². The summed E-state index contributed by atoms with van der Waals surface area (Å²) < 4.78 is 0. The van der Waals surface area contributed by atoms with Crippen molar-refractivity contribution >= 4 is 0 Å². The first-order chi connectivity index (χ1) is 10.3. The summed E-state index contributed by atoms with van der Waals surface area (Å²) >= 11 is 0. The van der Waals surface area contributed by atoms with Crippen LogP contribution in [0.2, 0.25) is 0 Å². The molecular formula is C19H32N2. The molecule has 2 heteroatoms. The number of hydrogen-bond acceptors (Lipinski definition) is 2. The second-order valence-electron chi connectivity index (χ2n) is 8.16. The molecule has 2 heterocycles. The minimum atomic E-state index is 0.833. The van der Waals surface area contributed by atoms with E-state index in [-0.39, 0.29) is 0 Å². The molecule has 118 valence electrons. The highest BCUT2D eigenvalue weighted by Gasteiger charge is 2.37. The average Bonchev–Trinajstić information content (AvgIpc) is 3.25. The van der Waals surface area contributed by atoms with Gasteiger partial charge in [0.2, 0.25) is 0 Å². The van der Waals surface area contributed by atoms with Crippen molar-refractivity contribution in [2.24, 2.45) is 23.7 Å². The third-order valence-corrected chi connectivity index (χ3v) is 6.94. The van der Waals surface area contributed by atoms with Gasteiger partial charge < -0.3 is 9.80 Å². The summed E-state index contributed by atoms with van der Waals surface area (Å²) in [6.45, 7) is 9.32. The molecule has 2 nitrogen and oxygen atoms in total. The number of allylic oxidation sites excluding steroid dienone is 2. The van der Waals surface area contributed by atoms with Crippen LogP contribution in [-0.2, 0) is 0 Å². The molecule has 0 amide bonds. The van der Waals surface area contributed by atoms with Crippen LogP contribution in [-0.4, -0.2) is 48.6 Å². The summed E-state index contributed by atoms with van der Waals surface area (Å²) in [5.74, 6) is 3.80. The van der Waals surface area contributed by atoms with Crippen molar-refractivity contribution in [2.45, 2.75) is 51.5 Å². The van der Waals surface area contributed by atoms with Gasteiger partial charge in [0, 0.05) is 12.6 Å². The van der Waals surface area contributed by atoms with E-state index in [1.807, 2.05) is 0 Å². The van der Waals surface area contributed by atoms with Crippen LogP contribution >= 0.6 is 0 Å². The normalized spacial score (nSPS) is 39.4. The minimum absolute atomic E-state index is 0.833. The fourth-order valence-electron chi connectivity index (χ4n) is 5.50. The van der Waals surface area contributed by atoms with Crippen molar-refractivity contribution in [1.29, 1.82) is 0 Å². The van der Waals surface area contributed by atoms with Crippen LogP contribution in [0.5, 0.6) is 0 Å². The van der Waals surface area contributed by atoms with Gasteiger partial charge in [0.15, 0.2) is 0 Å². The first kappa shape index (κ1) is 14.3. The molecule has 4 aliphatic rings. The third-order valence-electron chi connectivity index (χ3n) is 6.94. The molecule has 1 unspecified atom stereocenters. The number of piperidine rings is 1. The number of likely N-dealkylation sites (tertiary alicyclic amines) is 2. The number of rotatable bonds is 4. The lowest BCUT2D eigenvalue weighted by Crippen LogP contribution is -2.44. The molecule has 4 atom stereocenters. The van der Waals surface area contributed by atoms with Crippen LogP contribution < -0.4 is 0 Å². The molecular weight excluding hydrogens is 256 g/mol. The van der Waals surface area contributed by atoms with E-state index in [0.717, 1.165) is 29.7 Å². The van der Waals surface area contributed by atoms with Gasteiger partial charge >= 0.3 is 0 Å². The Morgan fingerprint density at radius 3 is 2.38 bits per heavy atom. The molecule has 0 spiro atoms. The number of nitrogens with zero attached hydrogens (tertiary/aromatic N) is 2. The summed E-state index contributed by atoms with van der Waals surface area (Å²) in [7, 11) is 0. The van der Waals surface area contributed by atoms with Gasteiger partial charge in [-0.2, -0.15) is 0 Å². The SMILES string of the molecule is CC(C1CCN(C[C@@H]2C[C@@H]3C=C[C@H]2C3)CC1)N1CCCC1. The van der Waals surface area contributed by atoms with Crippen LogP contribution in [0, 0.1) is 23.7 Å². The Hall–Kier alpha value is -0.340. The standard InChI is InChI=1S/C19H32N2/c1-15(21-8-2-3-9-21)17-6-10-20(11-7-17)14-19-13-16-4-5-18(19)12-16/h4-5,15-19H,2-3,6-14H2,1H3/t15?,16-,18+,19+/m1/s1. The Balaban J connectivity index is 1.24. The smallest absolute Gasteiger partial charge is 0.00961 e. The van der Waals surface area contributed by atoms with Gasteiger partial charge in [0.05, 0.1) is 0 Å². The zero-order chi connectivity index (χ0) is 14.2. The van der Waals surface area contributed by atoms with Crippen molar-refractivity contribution in [3.63, 3.8) is 0 Å². The van der Waals surface area contributed by atoms with Gasteiger partial charge in [-0.3, -0.25) is 0 Å². The molecule has 2 aliphatic heterocycles. The zero-order valence-corrected chi connectivity index (χ0v) is 13.7. The van der Waals surface area contributed by atoms with Crippen molar-refractivity contribution in [3.8, 4) is 0 Å². The summed E-state index contributed by atoms with van der Waals surface area (Å²) in [6.07, 6.45) is 13.7. The maximum absolute atomic E-state index is 2.78. The molecule has 1 saturated carbocycles. The molecule has 4 rings (SSSR count). The van der Waals surface area contributed by atoms with Crippen molar-refractivity contribution in [2.75, 3.05) is 32.7 Å². The predicted octanol–water partition coefficient (Wildman–Crippen LogP) is 3.39. The first-order valence-electron chi connectivity index (χ1n) is 9.44. The molecule has 0 aromatic rings. The maximum atomic E-state index is 2.78. The molecule has 0 radical (unpaired) electrons. The molecule has 3 fully saturated rings. The van der Waals surface area contributed by atoms with Crippen LogP contribution in [0.25, 0.3) is 0 Å². The second kappa shape index (κ2) is 6.04. The largest absolute Gasteiger partial charge is 0.303 e. The van der Waals surface area contributed by atoms with Gasteiger partial charge in [0.25, 0.3) is 0 Å². The Morgan fingerprint density at radius 1 is 1.00 bits per heavy atom. The Bertz CT molecular complexity index is 377. The van der Waals surface area contributed by atoms with Crippen LogP contribution in [0.15, 0.2) is 12.2 Å². The van der Waals surface area contributed by atoms with E-state index in [4.69, 9.17) is 0 Å². The van der Waals surface area contributed by atoms with Gasteiger partial charge in [0.1, 0.15) is 0 Å². The van der Waals surface area contributed by atoms with Crippen LogP contribution in [0.3, 0.4) is 0 Å². The second-order valence-corrected chi connectivity index (χ2v) is 8.16. The lowest BCUT2D eigenvalue weighted by atomic mass is 9.87. The highest BCUT2D eigenvalue weighted by atomic mass is 15.2. The summed E-state index contributed by atoms with van der Waals surface area (Å²) in [5, 5.41) is 0. The average molecular weight is 288 g/mol. The Kier molecular flexibility index (Phi) is 4.10. The highest BCUT2D eigenvalue weighted by Crippen LogP contribution is 2.44. The van der Waals surface area contributed by atoms with E-state index in [1.54, 1.807) is 0 Å². The van der Waals surface area contributed by atoms with Crippen LogP contribution in [0.4, 0.5) is 0 Å². The first-order valence-corrected chi connectivity index (χ1v) is 9.44. The molecule has 2 bridgehead atoms. The van der Waals surface area contributed by atoms with E-state index in [9.17, 15) is 0 Å². The summed E-state index contributed by atoms with van der Waals surface area (Å²) in [4.78, 5) is 5.54. The van der Waals surface area contributed by atoms with Crippen LogP contribution in [0.1, 0.15) is 45.4 Å². The number of fused-ring (bicyclic) bond motifs is 2. The zero-order valence-electron chi connectivity index (χ0n) is 13.7. The molecule has 2 aliphatic carbocycles.